The number of H-pyrrole nitrogens is 1. The molecule has 186 valence electrons. The van der Waals surface area contributed by atoms with Gasteiger partial charge in [-0.1, -0.05) is 43.3 Å². The predicted octanol–water partition coefficient (Wildman–Crippen LogP) is 2.94. The Morgan fingerprint density at radius 3 is 2.81 bits per heavy atom. The zero-order valence-corrected chi connectivity index (χ0v) is 20.4. The van der Waals surface area contributed by atoms with E-state index >= 15 is 0 Å². The first kappa shape index (κ1) is 23.6. The summed E-state index contributed by atoms with van der Waals surface area (Å²) < 4.78 is 5.97. The van der Waals surface area contributed by atoms with Gasteiger partial charge in [0, 0.05) is 30.6 Å². The highest BCUT2D eigenvalue weighted by Crippen LogP contribution is 2.30. The molecule has 0 radical (unpaired) electrons. The van der Waals surface area contributed by atoms with Gasteiger partial charge in [-0.25, -0.2) is 4.98 Å². The molecular formula is C26H30N8O2. The molecule has 0 bridgehead atoms. The standard InChI is InChI=1S/C26H30N8O2/c1-3-18-15-36-22(25(35)29-13-16-7-5-4-6-8-16)14-34(18)23-12-20(30-26(28-2)31-23)17-9-10-19-21(11-17)32-33-24(19)27/h4-12,18,22H,3,13-15H2,1-2H3,(H,29,35)(H3,27,32,33)(H,28,30,31)/t18-,22+/m1/s1. The Kier molecular flexibility index (Phi) is 6.68. The van der Waals surface area contributed by atoms with Crippen molar-refractivity contribution in [2.45, 2.75) is 32.0 Å². The van der Waals surface area contributed by atoms with Crippen LogP contribution in [0.2, 0.25) is 0 Å². The average Bonchev–Trinajstić information content (AvgIpc) is 3.31. The second kappa shape index (κ2) is 10.2. The summed E-state index contributed by atoms with van der Waals surface area (Å²) in [5.74, 6) is 1.57. The summed E-state index contributed by atoms with van der Waals surface area (Å²) in [6.45, 7) is 3.40. The Balaban J connectivity index is 1.40. The van der Waals surface area contributed by atoms with Gasteiger partial charge in [0.05, 0.1) is 30.4 Å². The number of benzene rings is 2. The quantitative estimate of drug-likeness (QED) is 0.313. The van der Waals surface area contributed by atoms with E-state index < -0.39 is 6.10 Å². The van der Waals surface area contributed by atoms with Gasteiger partial charge in [-0.3, -0.25) is 9.89 Å². The molecule has 10 heteroatoms. The van der Waals surface area contributed by atoms with Gasteiger partial charge in [-0.05, 0) is 24.1 Å². The number of hydrogen-bond acceptors (Lipinski definition) is 8. The molecule has 5 N–H and O–H groups in total. The van der Waals surface area contributed by atoms with Crippen molar-refractivity contribution in [3.8, 4) is 11.3 Å². The van der Waals surface area contributed by atoms with Gasteiger partial charge in [0.25, 0.3) is 5.91 Å². The van der Waals surface area contributed by atoms with Gasteiger partial charge in [-0.15, -0.1) is 0 Å². The van der Waals surface area contributed by atoms with E-state index in [0.717, 1.165) is 40.0 Å². The average molecular weight is 487 g/mol. The number of rotatable bonds is 7. The molecule has 0 saturated carbocycles. The lowest BCUT2D eigenvalue weighted by molar-refractivity contribution is -0.134. The minimum absolute atomic E-state index is 0.0884. The van der Waals surface area contributed by atoms with Gasteiger partial charge in [0.1, 0.15) is 5.82 Å². The fourth-order valence-corrected chi connectivity index (χ4v) is 4.42. The molecule has 1 aliphatic rings. The number of nitrogens with two attached hydrogens (primary N) is 1. The Hall–Kier alpha value is -4.18. The van der Waals surface area contributed by atoms with Crippen molar-refractivity contribution in [1.82, 2.24) is 25.5 Å². The number of aromatic amines is 1. The normalized spacial score (nSPS) is 17.8. The monoisotopic (exact) mass is 486 g/mol. The van der Waals surface area contributed by atoms with Gasteiger partial charge in [-0.2, -0.15) is 10.1 Å². The first-order chi connectivity index (χ1) is 17.6. The van der Waals surface area contributed by atoms with E-state index in [-0.39, 0.29) is 11.9 Å². The highest BCUT2D eigenvalue weighted by Gasteiger charge is 2.33. The van der Waals surface area contributed by atoms with Crippen molar-refractivity contribution in [2.75, 3.05) is 36.1 Å². The Morgan fingerprint density at radius 1 is 1.19 bits per heavy atom. The number of fused-ring (bicyclic) bond motifs is 1. The third-order valence-electron chi connectivity index (χ3n) is 6.48. The molecule has 1 aliphatic heterocycles. The summed E-state index contributed by atoms with van der Waals surface area (Å²) >= 11 is 0. The lowest BCUT2D eigenvalue weighted by atomic mass is 10.1. The zero-order chi connectivity index (χ0) is 25.1. The smallest absolute Gasteiger partial charge is 0.251 e. The molecule has 5 rings (SSSR count). The van der Waals surface area contributed by atoms with Crippen LogP contribution in [0.1, 0.15) is 18.9 Å². The summed E-state index contributed by atoms with van der Waals surface area (Å²) in [5.41, 5.74) is 9.47. The Morgan fingerprint density at radius 2 is 2.03 bits per heavy atom. The van der Waals surface area contributed by atoms with E-state index in [9.17, 15) is 4.79 Å². The maximum atomic E-state index is 13.0. The fourth-order valence-electron chi connectivity index (χ4n) is 4.42. The molecule has 2 aromatic carbocycles. The fraction of sp³-hybridized carbons (Fsp3) is 0.308. The van der Waals surface area contributed by atoms with Crippen LogP contribution in [-0.2, 0) is 16.1 Å². The van der Waals surface area contributed by atoms with Gasteiger partial charge in [0.2, 0.25) is 5.95 Å². The van der Waals surface area contributed by atoms with E-state index in [0.29, 0.717) is 31.5 Å². The molecule has 1 saturated heterocycles. The molecule has 3 heterocycles. The highest BCUT2D eigenvalue weighted by atomic mass is 16.5. The SMILES string of the molecule is CC[C@@H]1CO[C@H](C(=O)NCc2ccccc2)CN1c1cc(-c2ccc3c(N)n[nH]c3c2)nc(NC)n1. The zero-order valence-electron chi connectivity index (χ0n) is 20.4. The molecule has 36 heavy (non-hydrogen) atoms. The number of aromatic nitrogens is 4. The molecule has 0 unspecified atom stereocenters. The number of morpholine rings is 1. The summed E-state index contributed by atoms with van der Waals surface area (Å²) in [7, 11) is 1.79. The van der Waals surface area contributed by atoms with Crippen LogP contribution < -0.4 is 21.3 Å². The van der Waals surface area contributed by atoms with E-state index in [2.05, 4.69) is 37.6 Å². The van der Waals surface area contributed by atoms with Crippen LogP contribution in [-0.4, -0.2) is 58.4 Å². The summed E-state index contributed by atoms with van der Waals surface area (Å²) in [4.78, 5) is 24.5. The van der Waals surface area contributed by atoms with Crippen molar-refractivity contribution >= 4 is 34.4 Å². The van der Waals surface area contributed by atoms with E-state index in [1.165, 1.54) is 0 Å². The maximum absolute atomic E-state index is 13.0. The lowest BCUT2D eigenvalue weighted by Gasteiger charge is -2.39. The number of carbonyl (C=O) groups excluding carboxylic acids is 1. The van der Waals surface area contributed by atoms with Crippen molar-refractivity contribution < 1.29 is 9.53 Å². The number of nitrogen functional groups attached to an aromatic ring is 1. The van der Waals surface area contributed by atoms with E-state index in [1.54, 1.807) is 7.05 Å². The van der Waals surface area contributed by atoms with Crippen LogP contribution in [0.4, 0.5) is 17.6 Å². The second-order valence-electron chi connectivity index (χ2n) is 8.79. The number of amides is 1. The van der Waals surface area contributed by atoms with Crippen molar-refractivity contribution in [3.05, 3.63) is 60.2 Å². The predicted molar refractivity (Wildman–Crippen MR) is 141 cm³/mol. The lowest BCUT2D eigenvalue weighted by Crippen LogP contribution is -2.54. The molecule has 4 aromatic rings. The van der Waals surface area contributed by atoms with Crippen LogP contribution in [0.15, 0.2) is 54.6 Å². The van der Waals surface area contributed by atoms with Crippen LogP contribution in [0.3, 0.4) is 0 Å². The minimum Gasteiger partial charge on any atom is -0.382 e. The Labute approximate surface area is 209 Å². The molecule has 10 nitrogen and oxygen atoms in total. The van der Waals surface area contributed by atoms with Crippen LogP contribution in [0.25, 0.3) is 22.2 Å². The van der Waals surface area contributed by atoms with E-state index in [4.69, 9.17) is 15.5 Å². The second-order valence-corrected chi connectivity index (χ2v) is 8.79. The number of hydrogen-bond donors (Lipinski definition) is 4. The minimum atomic E-state index is -0.600. The summed E-state index contributed by atoms with van der Waals surface area (Å²) in [5, 5.41) is 14.0. The molecule has 1 fully saturated rings. The van der Waals surface area contributed by atoms with Gasteiger partial charge < -0.3 is 26.0 Å². The molecule has 2 aromatic heterocycles. The molecule has 0 aliphatic carbocycles. The van der Waals surface area contributed by atoms with Gasteiger partial charge >= 0.3 is 0 Å². The topological polar surface area (TPSA) is 134 Å². The molecule has 2 atom stereocenters. The first-order valence-electron chi connectivity index (χ1n) is 12.1. The van der Waals surface area contributed by atoms with E-state index in [1.807, 2.05) is 54.6 Å². The number of anilines is 3. The highest BCUT2D eigenvalue weighted by molar-refractivity contribution is 5.91. The largest absolute Gasteiger partial charge is 0.382 e. The van der Waals surface area contributed by atoms with Crippen LogP contribution >= 0.6 is 0 Å². The number of nitrogens with zero attached hydrogens (tertiary/aromatic N) is 4. The molecule has 0 spiro atoms. The number of nitrogens with one attached hydrogen (secondary N) is 3. The number of carbonyl (C=O) groups is 1. The Bertz CT molecular complexity index is 1360. The number of ether oxygens (including phenoxy) is 1. The summed E-state index contributed by atoms with van der Waals surface area (Å²) in [6.07, 6.45) is 0.253. The van der Waals surface area contributed by atoms with Crippen molar-refractivity contribution in [1.29, 1.82) is 0 Å². The van der Waals surface area contributed by atoms with Gasteiger partial charge in [0.15, 0.2) is 11.9 Å². The van der Waals surface area contributed by atoms with Crippen LogP contribution in [0, 0.1) is 0 Å². The first-order valence-corrected chi connectivity index (χ1v) is 12.1. The van der Waals surface area contributed by atoms with Crippen molar-refractivity contribution in [2.24, 2.45) is 0 Å². The third kappa shape index (κ3) is 4.80. The maximum Gasteiger partial charge on any atom is 0.251 e. The summed E-state index contributed by atoms with van der Waals surface area (Å²) in [6, 6.07) is 17.7. The third-order valence-corrected chi connectivity index (χ3v) is 6.48. The van der Waals surface area contributed by atoms with Crippen LogP contribution in [0.5, 0.6) is 0 Å². The van der Waals surface area contributed by atoms with Crippen molar-refractivity contribution in [3.63, 3.8) is 0 Å². The molecular weight excluding hydrogens is 456 g/mol. The molecule has 1 amide bonds.